The molecule has 3 N–H and O–H groups in total. The van der Waals surface area contributed by atoms with Crippen molar-refractivity contribution in [1.29, 1.82) is 0 Å². The number of hydrogen-bond acceptors (Lipinski definition) is 7. The molecule has 9 heteroatoms. The van der Waals surface area contributed by atoms with Crippen molar-refractivity contribution in [2.45, 2.75) is 24.9 Å². The molecule has 4 unspecified atom stereocenters. The molecule has 2 aromatic carbocycles. The number of carboxylic acid groups (broad SMARTS) is 1. The minimum Gasteiger partial charge on any atom is -0.480 e. The molecule has 0 radical (unpaired) electrons. The van der Waals surface area contributed by atoms with Gasteiger partial charge in [-0.3, -0.25) is 19.7 Å². The summed E-state index contributed by atoms with van der Waals surface area (Å²) in [6.07, 6.45) is 0.785. The molecule has 2 saturated heterocycles. The van der Waals surface area contributed by atoms with Crippen molar-refractivity contribution in [3.05, 3.63) is 65.2 Å². The highest BCUT2D eigenvalue weighted by molar-refractivity contribution is 6.24. The van der Waals surface area contributed by atoms with Crippen molar-refractivity contribution in [1.82, 2.24) is 5.32 Å². The Balaban J connectivity index is 1.78. The highest BCUT2D eigenvalue weighted by atomic mass is 16.5. The largest absolute Gasteiger partial charge is 0.480 e. The monoisotopic (exact) mass is 452 g/mol. The van der Waals surface area contributed by atoms with Gasteiger partial charge in [0, 0.05) is 6.04 Å². The molecular weight excluding hydrogens is 428 g/mol. The minimum atomic E-state index is -2.03. The number of imide groups is 1. The van der Waals surface area contributed by atoms with Crippen molar-refractivity contribution in [3.8, 4) is 0 Å². The third-order valence-electron chi connectivity index (χ3n) is 6.58. The summed E-state index contributed by atoms with van der Waals surface area (Å²) in [6, 6.07) is 12.2. The van der Waals surface area contributed by atoms with Gasteiger partial charge in [0.1, 0.15) is 0 Å². The predicted molar refractivity (Wildman–Crippen MR) is 116 cm³/mol. The van der Waals surface area contributed by atoms with Crippen LogP contribution in [0.2, 0.25) is 0 Å². The summed E-state index contributed by atoms with van der Waals surface area (Å²) in [5, 5.41) is 22.9. The molecular formula is C24H24N2O7. The number of rotatable bonds is 6. The van der Waals surface area contributed by atoms with Gasteiger partial charge in [0.2, 0.25) is 11.8 Å². The van der Waals surface area contributed by atoms with Crippen LogP contribution in [0.1, 0.15) is 34.5 Å². The van der Waals surface area contributed by atoms with Crippen LogP contribution in [0.15, 0.2) is 48.5 Å². The molecule has 2 aromatic rings. The van der Waals surface area contributed by atoms with Gasteiger partial charge in [0.05, 0.1) is 36.8 Å². The number of ether oxygens (including phenoxy) is 1. The summed E-state index contributed by atoms with van der Waals surface area (Å²) in [7, 11) is 1.26. The minimum absolute atomic E-state index is 0.286. The second-order valence-electron chi connectivity index (χ2n) is 8.21. The van der Waals surface area contributed by atoms with Crippen LogP contribution in [-0.4, -0.2) is 53.2 Å². The van der Waals surface area contributed by atoms with Gasteiger partial charge in [-0.05, 0) is 41.8 Å². The van der Waals surface area contributed by atoms with E-state index in [1.54, 1.807) is 24.3 Å². The van der Waals surface area contributed by atoms with Crippen LogP contribution in [-0.2, 0) is 25.5 Å². The number of aryl methyl sites for hydroxylation is 1. The summed E-state index contributed by atoms with van der Waals surface area (Å²) in [5.41, 5.74) is 0.154. The second-order valence-corrected chi connectivity index (χ2v) is 8.21. The third-order valence-corrected chi connectivity index (χ3v) is 6.58. The number of carboxylic acids is 1. The lowest BCUT2D eigenvalue weighted by Gasteiger charge is -2.29. The SMILES string of the molecule is CCc1ccc(N2C(=O)C3C(c4ccc(C(=O)OC)cc4)NC(CO)(C(=O)O)C3C2=O)cc1. The lowest BCUT2D eigenvalue weighted by Crippen LogP contribution is -2.58. The summed E-state index contributed by atoms with van der Waals surface area (Å²) in [6.45, 7) is 1.11. The second kappa shape index (κ2) is 8.42. The molecule has 9 nitrogen and oxygen atoms in total. The van der Waals surface area contributed by atoms with Gasteiger partial charge in [-0.1, -0.05) is 31.2 Å². The van der Waals surface area contributed by atoms with E-state index in [1.165, 1.54) is 19.2 Å². The first-order valence-corrected chi connectivity index (χ1v) is 10.6. The maximum Gasteiger partial charge on any atom is 0.337 e. The first-order chi connectivity index (χ1) is 15.8. The van der Waals surface area contributed by atoms with Gasteiger partial charge in [-0.15, -0.1) is 0 Å². The molecule has 2 aliphatic heterocycles. The molecule has 0 bridgehead atoms. The number of methoxy groups -OCH3 is 1. The summed E-state index contributed by atoms with van der Waals surface area (Å²) < 4.78 is 4.69. The van der Waals surface area contributed by atoms with Gasteiger partial charge in [-0.2, -0.15) is 0 Å². The summed E-state index contributed by atoms with van der Waals surface area (Å²) in [5.74, 6) is -5.52. The fourth-order valence-electron chi connectivity index (χ4n) is 4.78. The lowest BCUT2D eigenvalue weighted by molar-refractivity contribution is -0.150. The summed E-state index contributed by atoms with van der Waals surface area (Å²) in [4.78, 5) is 52.0. The number of carbonyl (C=O) groups is 4. The molecule has 0 aliphatic carbocycles. The number of fused-ring (bicyclic) bond motifs is 1. The van der Waals surface area contributed by atoms with Crippen molar-refractivity contribution < 1.29 is 34.1 Å². The fourth-order valence-corrected chi connectivity index (χ4v) is 4.78. The van der Waals surface area contributed by atoms with Crippen LogP contribution >= 0.6 is 0 Å². The third kappa shape index (κ3) is 3.40. The molecule has 2 amide bonds. The molecule has 4 atom stereocenters. The van der Waals surface area contributed by atoms with Crippen LogP contribution in [0.25, 0.3) is 0 Å². The Labute approximate surface area is 190 Å². The van der Waals surface area contributed by atoms with E-state index in [-0.39, 0.29) is 5.56 Å². The number of nitrogens with zero attached hydrogens (tertiary/aromatic N) is 1. The number of amides is 2. The fraction of sp³-hybridized carbons (Fsp3) is 0.333. The topological polar surface area (TPSA) is 133 Å². The van der Waals surface area contributed by atoms with Gasteiger partial charge >= 0.3 is 11.9 Å². The van der Waals surface area contributed by atoms with Crippen LogP contribution in [0.4, 0.5) is 5.69 Å². The van der Waals surface area contributed by atoms with Crippen molar-refractivity contribution in [3.63, 3.8) is 0 Å². The number of aliphatic hydroxyl groups excluding tert-OH is 1. The Morgan fingerprint density at radius 1 is 1.06 bits per heavy atom. The molecule has 2 fully saturated rings. The van der Waals surface area contributed by atoms with Crippen LogP contribution in [0.3, 0.4) is 0 Å². The Hall–Kier alpha value is -3.56. The number of aliphatic carboxylic acids is 1. The van der Waals surface area contributed by atoms with Gasteiger partial charge in [0.25, 0.3) is 0 Å². The predicted octanol–water partition coefficient (Wildman–Crippen LogP) is 1.30. The maximum atomic E-state index is 13.5. The smallest absolute Gasteiger partial charge is 0.337 e. The van der Waals surface area contributed by atoms with Gasteiger partial charge < -0.3 is 14.9 Å². The lowest BCUT2D eigenvalue weighted by atomic mass is 9.79. The van der Waals surface area contributed by atoms with E-state index in [1.807, 2.05) is 19.1 Å². The zero-order chi connectivity index (χ0) is 23.9. The Kier molecular flexibility index (Phi) is 5.77. The molecule has 4 rings (SSSR count). The number of anilines is 1. The highest BCUT2D eigenvalue weighted by Crippen LogP contribution is 2.49. The molecule has 33 heavy (non-hydrogen) atoms. The highest BCUT2D eigenvalue weighted by Gasteiger charge is 2.68. The van der Waals surface area contributed by atoms with Gasteiger partial charge in [-0.25, -0.2) is 9.69 Å². The average molecular weight is 452 g/mol. The molecule has 2 aliphatic rings. The molecule has 2 heterocycles. The van der Waals surface area contributed by atoms with E-state index >= 15 is 0 Å². The number of hydrogen-bond donors (Lipinski definition) is 3. The number of carbonyl (C=O) groups excluding carboxylic acids is 3. The Bertz CT molecular complexity index is 1110. The average Bonchev–Trinajstić information content (AvgIpc) is 3.33. The summed E-state index contributed by atoms with van der Waals surface area (Å²) >= 11 is 0. The first kappa shape index (κ1) is 22.6. The first-order valence-electron chi connectivity index (χ1n) is 10.6. The number of nitrogens with one attached hydrogen (secondary N) is 1. The van der Waals surface area contributed by atoms with Crippen molar-refractivity contribution in [2.75, 3.05) is 18.6 Å². The van der Waals surface area contributed by atoms with Crippen molar-refractivity contribution in [2.24, 2.45) is 11.8 Å². The van der Waals surface area contributed by atoms with Crippen molar-refractivity contribution >= 4 is 29.4 Å². The molecule has 0 saturated carbocycles. The van der Waals surface area contributed by atoms with E-state index in [9.17, 15) is 29.4 Å². The molecule has 0 aromatic heterocycles. The number of esters is 1. The Morgan fingerprint density at radius 3 is 2.21 bits per heavy atom. The standard InChI is InChI=1S/C24H24N2O7/c1-3-13-4-10-16(11-5-13)26-20(28)17-18(21(26)29)24(12-27,23(31)32)25-19(17)14-6-8-15(9-7-14)22(30)33-2/h4-11,17-19,25,27H,3,12H2,1-2H3,(H,31,32). The molecule has 172 valence electrons. The normalized spacial score (nSPS) is 26.4. The van der Waals surface area contributed by atoms with Crippen LogP contribution in [0.5, 0.6) is 0 Å². The van der Waals surface area contributed by atoms with Crippen LogP contribution < -0.4 is 10.2 Å². The Morgan fingerprint density at radius 2 is 1.70 bits per heavy atom. The zero-order valence-electron chi connectivity index (χ0n) is 18.1. The zero-order valence-corrected chi connectivity index (χ0v) is 18.1. The maximum absolute atomic E-state index is 13.5. The van der Waals surface area contributed by atoms with Crippen LogP contribution in [0, 0.1) is 11.8 Å². The van der Waals surface area contributed by atoms with E-state index in [4.69, 9.17) is 4.74 Å². The van der Waals surface area contributed by atoms with Gasteiger partial charge in [0.15, 0.2) is 5.54 Å². The van der Waals surface area contributed by atoms with E-state index < -0.39 is 53.8 Å². The number of benzene rings is 2. The number of aliphatic hydroxyl groups is 1. The molecule has 0 spiro atoms. The van der Waals surface area contributed by atoms with E-state index in [2.05, 4.69) is 5.32 Å². The quantitative estimate of drug-likeness (QED) is 0.441. The van der Waals surface area contributed by atoms with E-state index in [0.717, 1.165) is 16.9 Å². The van der Waals surface area contributed by atoms with E-state index in [0.29, 0.717) is 11.3 Å².